The Balaban J connectivity index is 1.67. The molecule has 0 radical (unpaired) electrons. The quantitative estimate of drug-likeness (QED) is 0.695. The molecule has 25 heavy (non-hydrogen) atoms. The number of pyridine rings is 1. The normalized spacial score (nSPS) is 10.2. The average Bonchev–Trinajstić information content (AvgIpc) is 2.62. The number of anilines is 3. The van der Waals surface area contributed by atoms with Gasteiger partial charge in [-0.25, -0.2) is 4.98 Å². The number of carbonyl (C=O) groups is 1. The van der Waals surface area contributed by atoms with Crippen LogP contribution in [-0.4, -0.2) is 18.0 Å². The maximum absolute atomic E-state index is 12.3. The molecule has 0 saturated heterocycles. The van der Waals surface area contributed by atoms with E-state index in [4.69, 9.17) is 16.3 Å². The van der Waals surface area contributed by atoms with E-state index >= 15 is 0 Å². The fourth-order valence-electron chi connectivity index (χ4n) is 2.23. The molecule has 0 unspecified atom stereocenters. The minimum atomic E-state index is -0.289. The van der Waals surface area contributed by atoms with E-state index in [2.05, 4.69) is 15.6 Å². The Kier molecular flexibility index (Phi) is 5.16. The summed E-state index contributed by atoms with van der Waals surface area (Å²) >= 11 is 5.96. The van der Waals surface area contributed by atoms with Gasteiger partial charge in [0.15, 0.2) is 0 Å². The number of ether oxygens (including phenoxy) is 1. The van der Waals surface area contributed by atoms with Gasteiger partial charge in [0.1, 0.15) is 11.4 Å². The van der Waals surface area contributed by atoms with Gasteiger partial charge in [-0.2, -0.15) is 0 Å². The van der Waals surface area contributed by atoms with Crippen LogP contribution >= 0.6 is 11.6 Å². The number of methoxy groups -OCH3 is 1. The second-order valence-electron chi connectivity index (χ2n) is 5.25. The van der Waals surface area contributed by atoms with Crippen molar-refractivity contribution in [2.45, 2.75) is 0 Å². The van der Waals surface area contributed by atoms with Crippen molar-refractivity contribution in [3.8, 4) is 5.75 Å². The van der Waals surface area contributed by atoms with Crippen molar-refractivity contribution in [3.05, 3.63) is 77.6 Å². The van der Waals surface area contributed by atoms with E-state index in [0.29, 0.717) is 22.2 Å². The van der Waals surface area contributed by atoms with Crippen LogP contribution in [0.25, 0.3) is 0 Å². The van der Waals surface area contributed by atoms with E-state index in [-0.39, 0.29) is 5.91 Å². The number of amides is 1. The van der Waals surface area contributed by atoms with E-state index in [9.17, 15) is 4.79 Å². The molecule has 6 heteroatoms. The van der Waals surface area contributed by atoms with Crippen LogP contribution in [0.5, 0.6) is 5.75 Å². The molecule has 5 nitrogen and oxygen atoms in total. The molecular weight excluding hydrogens is 338 g/mol. The minimum Gasteiger partial charge on any atom is -0.497 e. The third-order valence-electron chi connectivity index (χ3n) is 3.44. The number of halogens is 1. The molecule has 0 aliphatic rings. The molecule has 0 spiro atoms. The highest BCUT2D eigenvalue weighted by molar-refractivity contribution is 6.30. The van der Waals surface area contributed by atoms with Gasteiger partial charge in [-0.3, -0.25) is 4.79 Å². The van der Waals surface area contributed by atoms with Crippen LogP contribution in [0.4, 0.5) is 17.1 Å². The van der Waals surface area contributed by atoms with E-state index < -0.39 is 0 Å². The molecule has 0 bridgehead atoms. The molecule has 1 heterocycles. The summed E-state index contributed by atoms with van der Waals surface area (Å²) in [5, 5.41) is 6.62. The molecule has 0 saturated carbocycles. The summed E-state index contributed by atoms with van der Waals surface area (Å²) in [7, 11) is 1.58. The van der Waals surface area contributed by atoms with Gasteiger partial charge in [-0.05, 0) is 42.5 Å². The summed E-state index contributed by atoms with van der Waals surface area (Å²) in [6, 6.07) is 18.0. The number of aromatic nitrogens is 1. The molecule has 126 valence electrons. The number of hydrogen-bond donors (Lipinski definition) is 2. The van der Waals surface area contributed by atoms with Crippen LogP contribution in [0.3, 0.4) is 0 Å². The van der Waals surface area contributed by atoms with Crippen LogP contribution in [0.15, 0.2) is 66.9 Å². The highest BCUT2D eigenvalue weighted by Crippen LogP contribution is 2.20. The predicted molar refractivity (Wildman–Crippen MR) is 99.9 cm³/mol. The Hall–Kier alpha value is -3.05. The first-order chi connectivity index (χ1) is 12.1. The van der Waals surface area contributed by atoms with Crippen molar-refractivity contribution in [3.63, 3.8) is 0 Å². The van der Waals surface area contributed by atoms with Crippen molar-refractivity contribution in [1.82, 2.24) is 4.98 Å². The minimum absolute atomic E-state index is 0.289. The third kappa shape index (κ3) is 4.49. The molecule has 0 aliphatic carbocycles. The molecule has 3 rings (SSSR count). The van der Waals surface area contributed by atoms with Gasteiger partial charge in [0, 0.05) is 22.5 Å². The van der Waals surface area contributed by atoms with Crippen molar-refractivity contribution < 1.29 is 9.53 Å². The van der Waals surface area contributed by atoms with Crippen molar-refractivity contribution in [2.24, 2.45) is 0 Å². The lowest BCUT2D eigenvalue weighted by atomic mass is 10.2. The average molecular weight is 354 g/mol. The van der Waals surface area contributed by atoms with E-state index in [1.165, 1.54) is 0 Å². The van der Waals surface area contributed by atoms with Crippen LogP contribution in [0, 0.1) is 0 Å². The lowest BCUT2D eigenvalue weighted by Gasteiger charge is -2.08. The molecule has 0 fully saturated rings. The summed E-state index contributed by atoms with van der Waals surface area (Å²) in [5.74, 6) is 0.384. The van der Waals surface area contributed by atoms with Crippen molar-refractivity contribution >= 4 is 34.6 Å². The molecule has 1 amide bonds. The van der Waals surface area contributed by atoms with Gasteiger partial charge in [0.25, 0.3) is 5.91 Å². The molecule has 3 aromatic rings. The van der Waals surface area contributed by atoms with E-state index in [1.54, 1.807) is 49.7 Å². The fraction of sp³-hybridized carbons (Fsp3) is 0.0526. The van der Waals surface area contributed by atoms with Gasteiger partial charge >= 0.3 is 0 Å². The highest BCUT2D eigenvalue weighted by Gasteiger charge is 2.08. The zero-order valence-corrected chi connectivity index (χ0v) is 14.2. The van der Waals surface area contributed by atoms with Crippen molar-refractivity contribution in [2.75, 3.05) is 17.7 Å². The molecule has 2 N–H and O–H groups in total. The molecule has 2 aromatic carbocycles. The van der Waals surface area contributed by atoms with E-state index in [1.807, 2.05) is 24.3 Å². The first-order valence-electron chi connectivity index (χ1n) is 7.58. The maximum Gasteiger partial charge on any atom is 0.274 e. The zero-order chi connectivity index (χ0) is 17.6. The Morgan fingerprint density at radius 3 is 2.52 bits per heavy atom. The predicted octanol–water partition coefficient (Wildman–Crippen LogP) is 4.74. The van der Waals surface area contributed by atoms with Gasteiger partial charge in [-0.15, -0.1) is 0 Å². The largest absolute Gasteiger partial charge is 0.497 e. The standard InChI is InChI=1S/C19H16ClN3O2/c1-25-17-7-3-6-15(11-17)23-19(24)18-9-8-16(12-21-18)22-14-5-2-4-13(20)10-14/h2-12,22H,1H3,(H,23,24). The summed E-state index contributed by atoms with van der Waals surface area (Å²) in [5.41, 5.74) is 2.58. The molecule has 0 atom stereocenters. The fourth-order valence-corrected chi connectivity index (χ4v) is 2.42. The monoisotopic (exact) mass is 353 g/mol. The summed E-state index contributed by atoms with van der Waals surface area (Å²) in [6.07, 6.45) is 1.60. The summed E-state index contributed by atoms with van der Waals surface area (Å²) in [6.45, 7) is 0. The van der Waals surface area contributed by atoms with Gasteiger partial charge in [-0.1, -0.05) is 23.7 Å². The molecule has 1 aromatic heterocycles. The first-order valence-corrected chi connectivity index (χ1v) is 7.96. The van der Waals surface area contributed by atoms with Crippen LogP contribution < -0.4 is 15.4 Å². The lowest BCUT2D eigenvalue weighted by Crippen LogP contribution is -2.13. The Morgan fingerprint density at radius 1 is 1.00 bits per heavy atom. The smallest absolute Gasteiger partial charge is 0.274 e. The SMILES string of the molecule is COc1cccc(NC(=O)c2ccc(Nc3cccc(Cl)c3)cn2)c1. The Morgan fingerprint density at radius 2 is 1.80 bits per heavy atom. The van der Waals surface area contributed by atoms with E-state index in [0.717, 1.165) is 11.4 Å². The third-order valence-corrected chi connectivity index (χ3v) is 3.67. The number of rotatable bonds is 5. The van der Waals surface area contributed by atoms with Crippen LogP contribution in [-0.2, 0) is 0 Å². The van der Waals surface area contributed by atoms with Gasteiger partial charge < -0.3 is 15.4 Å². The Labute approximate surface area is 150 Å². The first kappa shape index (κ1) is 16.8. The van der Waals surface area contributed by atoms with Crippen molar-refractivity contribution in [1.29, 1.82) is 0 Å². The summed E-state index contributed by atoms with van der Waals surface area (Å²) in [4.78, 5) is 16.5. The second kappa shape index (κ2) is 7.68. The number of hydrogen-bond acceptors (Lipinski definition) is 4. The van der Waals surface area contributed by atoms with Gasteiger partial charge in [0.2, 0.25) is 0 Å². The molecule has 0 aliphatic heterocycles. The van der Waals surface area contributed by atoms with Crippen LogP contribution in [0.1, 0.15) is 10.5 Å². The van der Waals surface area contributed by atoms with Crippen LogP contribution in [0.2, 0.25) is 5.02 Å². The second-order valence-corrected chi connectivity index (χ2v) is 5.69. The number of carbonyl (C=O) groups excluding carboxylic acids is 1. The number of nitrogens with zero attached hydrogens (tertiary/aromatic N) is 1. The number of nitrogens with one attached hydrogen (secondary N) is 2. The van der Waals surface area contributed by atoms with Gasteiger partial charge in [0.05, 0.1) is 19.0 Å². The number of benzene rings is 2. The lowest BCUT2D eigenvalue weighted by molar-refractivity contribution is 0.102. The summed E-state index contributed by atoms with van der Waals surface area (Å²) < 4.78 is 5.14. The Bertz CT molecular complexity index is 882. The highest BCUT2D eigenvalue weighted by atomic mass is 35.5. The topological polar surface area (TPSA) is 63.2 Å². The maximum atomic E-state index is 12.3. The zero-order valence-electron chi connectivity index (χ0n) is 13.5. The molecular formula is C19H16ClN3O2.